The number of furan rings is 1. The van der Waals surface area contributed by atoms with Crippen LogP contribution in [0.2, 0.25) is 0 Å². The summed E-state index contributed by atoms with van der Waals surface area (Å²) in [5, 5.41) is 5.08. The standard InChI is InChI=1S/C21H18F2N4O/c1-26-12-15(11-25-26)16-9-14-3-2-7-27(18(14)10-17(16)20(22)23)21-19-13(4-6-24-21)5-8-28-19/h4-6,8-12,20H,2-3,7H2,1H3. The molecule has 7 heteroatoms. The summed E-state index contributed by atoms with van der Waals surface area (Å²) in [5.74, 6) is 0.665. The lowest BCUT2D eigenvalue weighted by Gasteiger charge is -2.31. The number of aryl methyl sites for hydroxylation is 2. The SMILES string of the molecule is Cn1cc(-c2cc3c(cc2C(F)F)N(c2nccc4ccoc24)CCC3)cn1. The fraction of sp³-hybridized carbons (Fsp3) is 0.238. The molecule has 3 aromatic heterocycles. The normalized spacial score (nSPS) is 14.1. The van der Waals surface area contributed by atoms with Gasteiger partial charge in [-0.3, -0.25) is 4.68 Å². The summed E-state index contributed by atoms with van der Waals surface area (Å²) in [6, 6.07) is 7.23. The number of rotatable bonds is 3. The van der Waals surface area contributed by atoms with Gasteiger partial charge in [0.25, 0.3) is 6.43 Å². The number of halogens is 2. The van der Waals surface area contributed by atoms with Crippen molar-refractivity contribution < 1.29 is 13.2 Å². The van der Waals surface area contributed by atoms with Crippen LogP contribution in [0.25, 0.3) is 22.1 Å². The predicted molar refractivity (Wildman–Crippen MR) is 103 cm³/mol. The number of alkyl halides is 2. The number of hydrogen-bond donors (Lipinski definition) is 0. The molecule has 0 radical (unpaired) electrons. The Labute approximate surface area is 160 Å². The highest BCUT2D eigenvalue weighted by Crippen LogP contribution is 2.42. The van der Waals surface area contributed by atoms with Crippen molar-refractivity contribution in [2.75, 3.05) is 11.4 Å². The van der Waals surface area contributed by atoms with Gasteiger partial charge >= 0.3 is 0 Å². The highest BCUT2D eigenvalue weighted by Gasteiger charge is 2.26. The molecule has 0 saturated heterocycles. The second-order valence-electron chi connectivity index (χ2n) is 7.00. The van der Waals surface area contributed by atoms with E-state index in [1.165, 1.54) is 0 Å². The molecule has 0 fully saturated rings. The summed E-state index contributed by atoms with van der Waals surface area (Å²) < 4.78 is 35.1. The molecule has 0 atom stereocenters. The fourth-order valence-corrected chi connectivity index (χ4v) is 3.93. The third-order valence-electron chi connectivity index (χ3n) is 5.23. The maximum atomic E-state index is 13.9. The average Bonchev–Trinajstić information content (AvgIpc) is 3.35. The van der Waals surface area contributed by atoms with Crippen LogP contribution in [0.15, 0.2) is 53.5 Å². The molecule has 1 aliphatic heterocycles. The summed E-state index contributed by atoms with van der Waals surface area (Å²) in [5.41, 5.74) is 3.71. The molecule has 5 rings (SSSR count). The molecule has 1 aromatic carbocycles. The van der Waals surface area contributed by atoms with Gasteiger partial charge in [0.2, 0.25) is 0 Å². The molecule has 0 spiro atoms. The Bertz CT molecular complexity index is 1160. The lowest BCUT2D eigenvalue weighted by molar-refractivity contribution is 0.152. The lowest BCUT2D eigenvalue weighted by Crippen LogP contribution is -2.25. The minimum Gasteiger partial charge on any atom is -0.460 e. The van der Waals surface area contributed by atoms with Crippen molar-refractivity contribution in [1.29, 1.82) is 0 Å². The first-order chi connectivity index (χ1) is 13.6. The highest BCUT2D eigenvalue weighted by atomic mass is 19.3. The van der Waals surface area contributed by atoms with Crippen molar-refractivity contribution in [3.8, 4) is 11.1 Å². The summed E-state index contributed by atoms with van der Waals surface area (Å²) in [6.45, 7) is 0.703. The van der Waals surface area contributed by atoms with Crippen LogP contribution in [0, 0.1) is 0 Å². The minimum absolute atomic E-state index is 0.00488. The topological polar surface area (TPSA) is 47.1 Å². The number of benzene rings is 1. The van der Waals surface area contributed by atoms with Crippen LogP contribution >= 0.6 is 0 Å². The second kappa shape index (κ2) is 6.44. The summed E-state index contributed by atoms with van der Waals surface area (Å²) in [7, 11) is 1.78. The van der Waals surface area contributed by atoms with Gasteiger partial charge in [0.15, 0.2) is 11.4 Å². The van der Waals surface area contributed by atoms with Crippen molar-refractivity contribution in [1.82, 2.24) is 14.8 Å². The van der Waals surface area contributed by atoms with E-state index in [1.807, 2.05) is 23.1 Å². The first-order valence-corrected chi connectivity index (χ1v) is 9.15. The number of fused-ring (bicyclic) bond motifs is 2. The van der Waals surface area contributed by atoms with Crippen LogP contribution < -0.4 is 4.90 Å². The quantitative estimate of drug-likeness (QED) is 0.487. The molecule has 0 aliphatic carbocycles. The van der Waals surface area contributed by atoms with Gasteiger partial charge in [-0.25, -0.2) is 13.8 Å². The van der Waals surface area contributed by atoms with Crippen molar-refractivity contribution in [2.24, 2.45) is 7.05 Å². The third kappa shape index (κ3) is 2.66. The molecule has 0 saturated carbocycles. The Morgan fingerprint density at radius 3 is 2.89 bits per heavy atom. The highest BCUT2D eigenvalue weighted by molar-refractivity contribution is 5.90. The number of anilines is 2. The molecule has 142 valence electrons. The first kappa shape index (κ1) is 16.9. The molecular formula is C21H18F2N4O. The summed E-state index contributed by atoms with van der Waals surface area (Å²) in [6.07, 6.45) is 5.88. The van der Waals surface area contributed by atoms with E-state index in [0.29, 0.717) is 29.1 Å². The van der Waals surface area contributed by atoms with E-state index < -0.39 is 6.43 Å². The number of nitrogens with zero attached hydrogens (tertiary/aromatic N) is 4. The predicted octanol–water partition coefficient (Wildman–Crippen LogP) is 5.25. The molecule has 0 unspecified atom stereocenters. The van der Waals surface area contributed by atoms with E-state index in [2.05, 4.69) is 10.1 Å². The Kier molecular flexibility index (Phi) is 3.89. The zero-order valence-electron chi connectivity index (χ0n) is 15.3. The van der Waals surface area contributed by atoms with Gasteiger partial charge < -0.3 is 9.32 Å². The van der Waals surface area contributed by atoms with E-state index in [4.69, 9.17) is 4.42 Å². The van der Waals surface area contributed by atoms with Crippen molar-refractivity contribution in [3.63, 3.8) is 0 Å². The van der Waals surface area contributed by atoms with Crippen LogP contribution in [0.5, 0.6) is 0 Å². The van der Waals surface area contributed by atoms with Gasteiger partial charge in [-0.15, -0.1) is 0 Å². The smallest absolute Gasteiger partial charge is 0.264 e. The monoisotopic (exact) mass is 380 g/mol. The van der Waals surface area contributed by atoms with E-state index in [0.717, 1.165) is 29.5 Å². The third-order valence-corrected chi connectivity index (χ3v) is 5.23. The fourth-order valence-electron chi connectivity index (χ4n) is 3.93. The maximum Gasteiger partial charge on any atom is 0.264 e. The van der Waals surface area contributed by atoms with Crippen LogP contribution in [0.4, 0.5) is 20.3 Å². The number of hydrogen-bond acceptors (Lipinski definition) is 4. The molecular weight excluding hydrogens is 362 g/mol. The zero-order valence-corrected chi connectivity index (χ0v) is 15.3. The van der Waals surface area contributed by atoms with Crippen LogP contribution in [0.3, 0.4) is 0 Å². The van der Waals surface area contributed by atoms with E-state index in [9.17, 15) is 8.78 Å². The van der Waals surface area contributed by atoms with Gasteiger partial charge in [-0.2, -0.15) is 5.10 Å². The van der Waals surface area contributed by atoms with E-state index in [-0.39, 0.29) is 5.56 Å². The maximum absolute atomic E-state index is 13.9. The Morgan fingerprint density at radius 1 is 1.21 bits per heavy atom. The van der Waals surface area contributed by atoms with Gasteiger partial charge in [0.05, 0.1) is 12.5 Å². The van der Waals surface area contributed by atoms with Gasteiger partial charge in [0, 0.05) is 48.2 Å². The zero-order chi connectivity index (χ0) is 19.3. The van der Waals surface area contributed by atoms with Gasteiger partial charge in [0.1, 0.15) is 0 Å². The average molecular weight is 380 g/mol. The van der Waals surface area contributed by atoms with Crippen molar-refractivity contribution in [3.05, 3.63) is 60.2 Å². The Morgan fingerprint density at radius 2 is 2.11 bits per heavy atom. The van der Waals surface area contributed by atoms with E-state index in [1.54, 1.807) is 42.6 Å². The second-order valence-corrected chi connectivity index (χ2v) is 7.00. The van der Waals surface area contributed by atoms with Gasteiger partial charge in [-0.1, -0.05) is 0 Å². The number of aromatic nitrogens is 3. The van der Waals surface area contributed by atoms with Crippen LogP contribution in [-0.2, 0) is 13.5 Å². The molecule has 4 aromatic rings. The Balaban J connectivity index is 1.69. The van der Waals surface area contributed by atoms with Crippen molar-refractivity contribution in [2.45, 2.75) is 19.3 Å². The molecule has 0 bridgehead atoms. The van der Waals surface area contributed by atoms with Gasteiger partial charge in [-0.05, 0) is 48.2 Å². The van der Waals surface area contributed by atoms with Crippen LogP contribution in [0.1, 0.15) is 24.0 Å². The van der Waals surface area contributed by atoms with Crippen LogP contribution in [-0.4, -0.2) is 21.3 Å². The summed E-state index contributed by atoms with van der Waals surface area (Å²) >= 11 is 0. The summed E-state index contributed by atoms with van der Waals surface area (Å²) in [4.78, 5) is 6.48. The molecule has 4 heterocycles. The largest absolute Gasteiger partial charge is 0.460 e. The molecule has 1 aliphatic rings. The first-order valence-electron chi connectivity index (χ1n) is 9.15. The lowest BCUT2D eigenvalue weighted by atomic mass is 9.93. The number of pyridine rings is 1. The van der Waals surface area contributed by atoms with E-state index >= 15 is 0 Å². The molecule has 0 N–H and O–H groups in total. The molecule has 5 nitrogen and oxygen atoms in total. The van der Waals surface area contributed by atoms with Crippen molar-refractivity contribution >= 4 is 22.5 Å². The molecule has 28 heavy (non-hydrogen) atoms. The molecule has 0 amide bonds. The minimum atomic E-state index is -2.59. The Hall–Kier alpha value is -3.22.